The SMILES string of the molecule is Cc1cccc(-c2ccc(OCc3ccccc3)c(CC(=O)O)c2)c1. The molecule has 3 aromatic rings. The van der Waals surface area contributed by atoms with E-state index >= 15 is 0 Å². The standard InChI is InChI=1S/C22H20O3/c1-16-6-5-9-18(12-16)19-10-11-21(20(13-19)14-22(23)24)25-15-17-7-3-2-4-8-17/h2-13H,14-15H2,1H3,(H,23,24). The molecule has 0 saturated heterocycles. The first-order valence-electron chi connectivity index (χ1n) is 8.20. The summed E-state index contributed by atoms with van der Waals surface area (Å²) in [6.45, 7) is 2.45. The predicted octanol–water partition coefficient (Wildman–Crippen LogP) is 4.87. The van der Waals surface area contributed by atoms with E-state index in [1.165, 1.54) is 5.56 Å². The van der Waals surface area contributed by atoms with Crippen molar-refractivity contribution in [1.29, 1.82) is 0 Å². The highest BCUT2D eigenvalue weighted by atomic mass is 16.5. The maximum atomic E-state index is 11.2. The second-order valence-corrected chi connectivity index (χ2v) is 6.04. The first-order chi connectivity index (χ1) is 12.1. The van der Waals surface area contributed by atoms with Crippen molar-refractivity contribution in [3.63, 3.8) is 0 Å². The van der Waals surface area contributed by atoms with Crippen LogP contribution < -0.4 is 4.74 Å². The molecule has 0 aliphatic carbocycles. The highest BCUT2D eigenvalue weighted by Gasteiger charge is 2.11. The molecule has 1 N–H and O–H groups in total. The smallest absolute Gasteiger partial charge is 0.307 e. The molecule has 0 heterocycles. The fraction of sp³-hybridized carbons (Fsp3) is 0.136. The summed E-state index contributed by atoms with van der Waals surface area (Å²) < 4.78 is 5.88. The largest absolute Gasteiger partial charge is 0.489 e. The molecule has 25 heavy (non-hydrogen) atoms. The number of hydrogen-bond acceptors (Lipinski definition) is 2. The Hall–Kier alpha value is -3.07. The zero-order chi connectivity index (χ0) is 17.6. The van der Waals surface area contributed by atoms with Gasteiger partial charge in [0.15, 0.2) is 0 Å². The number of aryl methyl sites for hydroxylation is 1. The number of hydrogen-bond donors (Lipinski definition) is 1. The summed E-state index contributed by atoms with van der Waals surface area (Å²) >= 11 is 0. The Morgan fingerprint density at radius 3 is 2.40 bits per heavy atom. The van der Waals surface area contributed by atoms with E-state index in [1.807, 2.05) is 73.7 Å². The lowest BCUT2D eigenvalue weighted by molar-refractivity contribution is -0.136. The molecule has 3 aromatic carbocycles. The van der Waals surface area contributed by atoms with Crippen molar-refractivity contribution >= 4 is 5.97 Å². The van der Waals surface area contributed by atoms with Crippen molar-refractivity contribution in [1.82, 2.24) is 0 Å². The van der Waals surface area contributed by atoms with Gasteiger partial charge < -0.3 is 9.84 Å². The molecule has 3 heteroatoms. The molecule has 0 saturated carbocycles. The van der Waals surface area contributed by atoms with Crippen molar-refractivity contribution in [2.24, 2.45) is 0 Å². The summed E-state index contributed by atoms with van der Waals surface area (Å²) in [6.07, 6.45) is -0.0657. The van der Waals surface area contributed by atoms with Gasteiger partial charge in [-0.2, -0.15) is 0 Å². The van der Waals surface area contributed by atoms with Crippen LogP contribution in [0.4, 0.5) is 0 Å². The third kappa shape index (κ3) is 4.48. The van der Waals surface area contributed by atoms with Gasteiger partial charge in [0.05, 0.1) is 6.42 Å². The van der Waals surface area contributed by atoms with Crippen LogP contribution in [0, 0.1) is 6.92 Å². The average molecular weight is 332 g/mol. The number of ether oxygens (including phenoxy) is 1. The molecule has 0 atom stereocenters. The molecule has 0 aromatic heterocycles. The summed E-state index contributed by atoms with van der Waals surface area (Å²) in [5, 5.41) is 9.23. The minimum absolute atomic E-state index is 0.0657. The van der Waals surface area contributed by atoms with Gasteiger partial charge >= 0.3 is 5.97 Å². The maximum absolute atomic E-state index is 11.2. The van der Waals surface area contributed by atoms with Gasteiger partial charge in [-0.15, -0.1) is 0 Å². The molecular weight excluding hydrogens is 312 g/mol. The van der Waals surface area contributed by atoms with E-state index in [1.54, 1.807) is 0 Å². The summed E-state index contributed by atoms with van der Waals surface area (Å²) in [5.74, 6) is -0.256. The van der Waals surface area contributed by atoms with Crippen LogP contribution in [0.1, 0.15) is 16.7 Å². The van der Waals surface area contributed by atoms with E-state index in [0.29, 0.717) is 17.9 Å². The highest BCUT2D eigenvalue weighted by Crippen LogP contribution is 2.28. The lowest BCUT2D eigenvalue weighted by atomic mass is 9.99. The Morgan fingerprint density at radius 2 is 1.68 bits per heavy atom. The molecule has 0 aliphatic rings. The number of carboxylic acid groups (broad SMARTS) is 1. The number of aliphatic carboxylic acids is 1. The lowest BCUT2D eigenvalue weighted by Crippen LogP contribution is -2.04. The van der Waals surface area contributed by atoms with E-state index in [2.05, 4.69) is 6.07 Å². The predicted molar refractivity (Wildman–Crippen MR) is 98.7 cm³/mol. The minimum Gasteiger partial charge on any atom is -0.489 e. The van der Waals surface area contributed by atoms with E-state index in [4.69, 9.17) is 4.74 Å². The topological polar surface area (TPSA) is 46.5 Å². The van der Waals surface area contributed by atoms with Crippen molar-refractivity contribution in [2.45, 2.75) is 20.0 Å². The molecule has 0 unspecified atom stereocenters. The maximum Gasteiger partial charge on any atom is 0.307 e. The van der Waals surface area contributed by atoms with Gasteiger partial charge in [0.25, 0.3) is 0 Å². The summed E-state index contributed by atoms with van der Waals surface area (Å²) in [6, 6.07) is 23.7. The zero-order valence-corrected chi connectivity index (χ0v) is 14.1. The third-order valence-corrected chi connectivity index (χ3v) is 3.99. The molecule has 126 valence electrons. The van der Waals surface area contributed by atoms with E-state index < -0.39 is 5.97 Å². The van der Waals surface area contributed by atoms with Gasteiger partial charge in [-0.1, -0.05) is 66.2 Å². The van der Waals surface area contributed by atoms with Crippen LogP contribution in [0.25, 0.3) is 11.1 Å². The van der Waals surface area contributed by atoms with Crippen molar-refractivity contribution in [3.05, 3.63) is 89.5 Å². The van der Waals surface area contributed by atoms with Gasteiger partial charge in [-0.25, -0.2) is 0 Å². The average Bonchev–Trinajstić information content (AvgIpc) is 2.61. The number of carboxylic acids is 1. The number of carbonyl (C=O) groups is 1. The number of benzene rings is 3. The van der Waals surface area contributed by atoms with Crippen LogP contribution >= 0.6 is 0 Å². The monoisotopic (exact) mass is 332 g/mol. The molecule has 0 radical (unpaired) electrons. The normalized spacial score (nSPS) is 10.4. The van der Waals surface area contributed by atoms with Gasteiger partial charge in [0.2, 0.25) is 0 Å². The van der Waals surface area contributed by atoms with Crippen LogP contribution in [-0.2, 0) is 17.8 Å². The van der Waals surface area contributed by atoms with Crippen molar-refractivity contribution < 1.29 is 14.6 Å². The second kappa shape index (κ2) is 7.67. The van der Waals surface area contributed by atoms with Crippen LogP contribution in [0.15, 0.2) is 72.8 Å². The summed E-state index contributed by atoms with van der Waals surface area (Å²) in [5.41, 5.74) is 4.96. The Labute approximate surface area is 147 Å². The first-order valence-corrected chi connectivity index (χ1v) is 8.20. The van der Waals surface area contributed by atoms with Crippen molar-refractivity contribution in [2.75, 3.05) is 0 Å². The quantitative estimate of drug-likeness (QED) is 0.700. The third-order valence-electron chi connectivity index (χ3n) is 3.99. The molecule has 0 aliphatic heterocycles. The van der Waals surface area contributed by atoms with Gasteiger partial charge in [0.1, 0.15) is 12.4 Å². The molecule has 3 rings (SSSR count). The zero-order valence-electron chi connectivity index (χ0n) is 14.1. The minimum atomic E-state index is -0.869. The Bertz CT molecular complexity index is 869. The molecular formula is C22H20O3. The molecule has 0 bridgehead atoms. The van der Waals surface area contributed by atoms with E-state index in [9.17, 15) is 9.90 Å². The fourth-order valence-corrected chi connectivity index (χ4v) is 2.76. The summed E-state index contributed by atoms with van der Waals surface area (Å²) in [4.78, 5) is 11.2. The Balaban J connectivity index is 1.88. The lowest BCUT2D eigenvalue weighted by Gasteiger charge is -2.13. The van der Waals surface area contributed by atoms with Gasteiger partial charge in [-0.05, 0) is 35.7 Å². The summed E-state index contributed by atoms with van der Waals surface area (Å²) in [7, 11) is 0. The molecule has 0 amide bonds. The first kappa shape index (κ1) is 16.8. The second-order valence-electron chi connectivity index (χ2n) is 6.04. The fourth-order valence-electron chi connectivity index (χ4n) is 2.76. The Kier molecular flexibility index (Phi) is 5.14. The number of rotatable bonds is 6. The van der Waals surface area contributed by atoms with Crippen LogP contribution in [0.2, 0.25) is 0 Å². The van der Waals surface area contributed by atoms with Crippen LogP contribution in [0.3, 0.4) is 0 Å². The molecule has 3 nitrogen and oxygen atoms in total. The van der Waals surface area contributed by atoms with E-state index in [-0.39, 0.29) is 6.42 Å². The highest BCUT2D eigenvalue weighted by molar-refractivity contribution is 5.74. The van der Waals surface area contributed by atoms with Crippen LogP contribution in [-0.4, -0.2) is 11.1 Å². The molecule has 0 spiro atoms. The van der Waals surface area contributed by atoms with E-state index in [0.717, 1.165) is 16.7 Å². The van der Waals surface area contributed by atoms with Gasteiger partial charge in [0, 0.05) is 5.56 Å². The van der Waals surface area contributed by atoms with Crippen molar-refractivity contribution in [3.8, 4) is 16.9 Å². The van der Waals surface area contributed by atoms with Crippen LogP contribution in [0.5, 0.6) is 5.75 Å². The van der Waals surface area contributed by atoms with Gasteiger partial charge in [-0.3, -0.25) is 4.79 Å². The molecule has 0 fully saturated rings. The Morgan fingerprint density at radius 1 is 0.920 bits per heavy atom.